The third-order valence-corrected chi connectivity index (χ3v) is 7.65. The third-order valence-electron chi connectivity index (χ3n) is 5.05. The van der Waals surface area contributed by atoms with E-state index in [1.165, 1.54) is 13.8 Å². The number of phosphoric ester groups is 2. The number of hydrogen-bond acceptors (Lipinski definition) is 13. The number of carbonyl (C=O) groups is 1. The van der Waals surface area contributed by atoms with Gasteiger partial charge in [-0.2, -0.15) is 4.31 Å². The molecular weight excluding hydrogens is 522 g/mol. The molecule has 35 heavy (non-hydrogen) atoms. The van der Waals surface area contributed by atoms with Crippen molar-refractivity contribution in [2.75, 3.05) is 6.61 Å². The van der Waals surface area contributed by atoms with E-state index < -0.39 is 82.3 Å². The minimum atomic E-state index is -5.45. The van der Waals surface area contributed by atoms with Crippen molar-refractivity contribution in [2.24, 2.45) is 0 Å². The number of aliphatic hydroxyl groups excluding tert-OH is 3. The standard InChI is InChI=1S/C16H24N2O15P2/c1-6-4-18(16(24)17-13(6)23)14-12(22)11(21)9(31-14)5-29-34(25,26)33-35(27,28)32-15-10(20)8(19)3-7(2)30-15/h4,7,9-12,14-15,20-22H,3,5H2,1-2H3,(H,25,26)(H,27,28)(H,17,23,24)/t7-,9-,10-,11-,12-,14-,15+/m1/s1. The van der Waals surface area contributed by atoms with Crippen molar-refractivity contribution in [3.63, 3.8) is 0 Å². The van der Waals surface area contributed by atoms with E-state index in [9.17, 15) is 48.6 Å². The highest BCUT2D eigenvalue weighted by Crippen LogP contribution is 2.61. The van der Waals surface area contributed by atoms with Gasteiger partial charge in [-0.05, 0) is 13.8 Å². The lowest BCUT2D eigenvalue weighted by Crippen LogP contribution is -2.45. The Kier molecular flexibility index (Phi) is 8.33. The molecule has 19 heteroatoms. The van der Waals surface area contributed by atoms with Gasteiger partial charge >= 0.3 is 21.3 Å². The molecule has 0 radical (unpaired) electrons. The first-order chi connectivity index (χ1) is 16.1. The number of aryl methyl sites for hydroxylation is 1. The molecule has 0 aromatic carbocycles. The molecule has 2 fully saturated rings. The Morgan fingerprint density at radius 1 is 1.11 bits per heavy atom. The van der Waals surface area contributed by atoms with Gasteiger partial charge in [-0.1, -0.05) is 0 Å². The van der Waals surface area contributed by atoms with E-state index in [2.05, 4.69) is 13.4 Å². The monoisotopic (exact) mass is 546 g/mol. The van der Waals surface area contributed by atoms with E-state index in [1.807, 2.05) is 4.98 Å². The number of carbonyl (C=O) groups excluding carboxylic acids is 1. The van der Waals surface area contributed by atoms with Gasteiger partial charge < -0.3 is 34.6 Å². The van der Waals surface area contributed by atoms with Crippen LogP contribution in [0.15, 0.2) is 15.8 Å². The van der Waals surface area contributed by atoms with Crippen LogP contribution in [0, 0.1) is 6.92 Å². The van der Waals surface area contributed by atoms with Crippen LogP contribution in [0.4, 0.5) is 0 Å². The lowest BCUT2D eigenvalue weighted by atomic mass is 10.1. The van der Waals surface area contributed by atoms with E-state index in [1.54, 1.807) is 0 Å². The van der Waals surface area contributed by atoms with Gasteiger partial charge in [0.2, 0.25) is 6.29 Å². The average Bonchev–Trinajstić information content (AvgIpc) is 3.00. The number of aromatic nitrogens is 2. The van der Waals surface area contributed by atoms with Crippen LogP contribution < -0.4 is 11.2 Å². The third kappa shape index (κ3) is 6.60. The SMILES string of the molecule is Cc1cn([C@@H]2O[C@H](COP(=O)(O)OP(=O)(O)O[C@@H]3O[C@H](C)CC(=O)[C@H]3O)[C@@H](O)[C@H]2O)c(=O)[nH]c1=O. The highest BCUT2D eigenvalue weighted by Gasteiger charge is 2.47. The maximum absolute atomic E-state index is 12.1. The van der Waals surface area contributed by atoms with E-state index in [0.717, 1.165) is 10.8 Å². The van der Waals surface area contributed by atoms with Gasteiger partial charge in [-0.15, -0.1) is 0 Å². The van der Waals surface area contributed by atoms with Crippen LogP contribution in [0.25, 0.3) is 0 Å². The Morgan fingerprint density at radius 2 is 1.77 bits per heavy atom. The molecule has 3 rings (SSSR count). The molecule has 1 aromatic rings. The van der Waals surface area contributed by atoms with E-state index in [-0.39, 0.29) is 12.0 Å². The zero-order chi connectivity index (χ0) is 26.3. The lowest BCUT2D eigenvalue weighted by Gasteiger charge is -2.31. The van der Waals surface area contributed by atoms with Crippen molar-refractivity contribution in [2.45, 2.75) is 63.3 Å². The molecule has 0 aliphatic carbocycles. The number of nitrogens with one attached hydrogen (secondary N) is 1. The van der Waals surface area contributed by atoms with Crippen molar-refractivity contribution in [1.29, 1.82) is 0 Å². The van der Waals surface area contributed by atoms with Crippen molar-refractivity contribution in [3.8, 4) is 0 Å². The van der Waals surface area contributed by atoms with Crippen molar-refractivity contribution < 1.29 is 61.9 Å². The van der Waals surface area contributed by atoms with Crippen molar-refractivity contribution in [3.05, 3.63) is 32.6 Å². The summed E-state index contributed by atoms with van der Waals surface area (Å²) in [5.41, 5.74) is -1.56. The maximum Gasteiger partial charge on any atom is 0.483 e. The number of ketones is 1. The summed E-state index contributed by atoms with van der Waals surface area (Å²) in [6.45, 7) is 1.81. The molecule has 1 aromatic heterocycles. The zero-order valence-electron chi connectivity index (χ0n) is 18.2. The quantitative estimate of drug-likeness (QED) is 0.189. The number of phosphoric acid groups is 2. The van der Waals surface area contributed by atoms with Crippen LogP contribution in [-0.4, -0.2) is 83.9 Å². The Morgan fingerprint density at radius 3 is 2.43 bits per heavy atom. The number of aromatic amines is 1. The van der Waals surface area contributed by atoms with Crippen molar-refractivity contribution in [1.82, 2.24) is 9.55 Å². The predicted octanol–water partition coefficient (Wildman–Crippen LogP) is -2.22. The maximum atomic E-state index is 12.1. The van der Waals surface area contributed by atoms with Crippen molar-refractivity contribution >= 4 is 21.4 Å². The van der Waals surface area contributed by atoms with Crippen LogP contribution in [0.2, 0.25) is 0 Å². The Labute approximate surface area is 196 Å². The fraction of sp³-hybridized carbons (Fsp3) is 0.688. The van der Waals surface area contributed by atoms with Gasteiger partial charge in [0.05, 0.1) is 12.7 Å². The normalized spacial score (nSPS) is 34.9. The highest BCUT2D eigenvalue weighted by molar-refractivity contribution is 7.61. The van der Waals surface area contributed by atoms with Gasteiger partial charge in [0.15, 0.2) is 18.1 Å². The number of aliphatic hydroxyl groups is 3. The van der Waals surface area contributed by atoms with Gasteiger partial charge in [0.25, 0.3) is 5.56 Å². The highest BCUT2D eigenvalue weighted by atomic mass is 31.3. The van der Waals surface area contributed by atoms with E-state index in [0.29, 0.717) is 0 Å². The number of rotatable bonds is 8. The number of nitrogens with zero attached hydrogens (tertiary/aromatic N) is 1. The molecule has 0 bridgehead atoms. The van der Waals surface area contributed by atoms with Crippen LogP contribution in [0.3, 0.4) is 0 Å². The summed E-state index contributed by atoms with van der Waals surface area (Å²) in [6.07, 6.45) is -10.4. The summed E-state index contributed by atoms with van der Waals surface area (Å²) >= 11 is 0. The summed E-state index contributed by atoms with van der Waals surface area (Å²) in [6, 6.07) is 0. The largest absolute Gasteiger partial charge is 0.483 e. The van der Waals surface area contributed by atoms with Gasteiger partial charge in [0, 0.05) is 18.2 Å². The zero-order valence-corrected chi connectivity index (χ0v) is 20.0. The minimum absolute atomic E-state index is 0.0877. The Hall–Kier alpha value is -1.59. The molecule has 3 heterocycles. The first kappa shape index (κ1) is 28.0. The molecule has 6 N–H and O–H groups in total. The minimum Gasteiger partial charge on any atom is -0.387 e. The van der Waals surface area contributed by atoms with E-state index >= 15 is 0 Å². The molecule has 0 amide bonds. The first-order valence-electron chi connectivity index (χ1n) is 10.00. The van der Waals surface area contributed by atoms with Crippen LogP contribution in [0.1, 0.15) is 25.1 Å². The molecule has 2 unspecified atom stereocenters. The second-order valence-electron chi connectivity index (χ2n) is 7.88. The fourth-order valence-corrected chi connectivity index (χ4v) is 5.48. The summed E-state index contributed by atoms with van der Waals surface area (Å²) in [7, 11) is -10.8. The summed E-state index contributed by atoms with van der Waals surface area (Å²) in [4.78, 5) is 56.7. The van der Waals surface area contributed by atoms with Crippen LogP contribution >= 0.6 is 15.6 Å². The van der Waals surface area contributed by atoms with Crippen LogP contribution in [0.5, 0.6) is 0 Å². The molecule has 17 nitrogen and oxygen atoms in total. The second kappa shape index (κ2) is 10.4. The summed E-state index contributed by atoms with van der Waals surface area (Å²) < 4.78 is 48.5. The summed E-state index contributed by atoms with van der Waals surface area (Å²) in [5.74, 6) is -0.755. The number of H-pyrrole nitrogens is 1. The van der Waals surface area contributed by atoms with Gasteiger partial charge in [-0.25, -0.2) is 13.9 Å². The molecule has 2 saturated heterocycles. The fourth-order valence-electron chi connectivity index (χ4n) is 3.33. The molecule has 2 aliphatic rings. The number of Topliss-reactive ketones (excluding diaryl/α,β-unsaturated/α-hetero) is 1. The topological polar surface area (TPSA) is 253 Å². The predicted molar refractivity (Wildman–Crippen MR) is 110 cm³/mol. The Balaban J connectivity index is 1.63. The second-order valence-corrected chi connectivity index (χ2v) is 10.9. The number of hydrogen-bond donors (Lipinski definition) is 6. The van der Waals surface area contributed by atoms with Gasteiger partial charge in [-0.3, -0.25) is 28.2 Å². The smallest absolute Gasteiger partial charge is 0.387 e. The molecule has 9 atom stereocenters. The molecular formula is C16H24N2O15P2. The summed E-state index contributed by atoms with van der Waals surface area (Å²) in [5, 5.41) is 30.1. The number of ether oxygens (including phenoxy) is 2. The molecule has 0 saturated carbocycles. The van der Waals surface area contributed by atoms with Gasteiger partial charge in [0.1, 0.15) is 18.3 Å². The molecule has 2 aliphatic heterocycles. The lowest BCUT2D eigenvalue weighted by molar-refractivity contribution is -0.201. The van der Waals surface area contributed by atoms with E-state index in [4.69, 9.17) is 9.47 Å². The average molecular weight is 546 g/mol. The Bertz CT molecular complexity index is 1170. The molecule has 198 valence electrons. The first-order valence-corrected chi connectivity index (χ1v) is 13.0. The van der Waals surface area contributed by atoms with Crippen LogP contribution in [-0.2, 0) is 36.8 Å². The molecule has 0 spiro atoms.